The van der Waals surface area contributed by atoms with Crippen LogP contribution < -0.4 is 15.8 Å². The van der Waals surface area contributed by atoms with Gasteiger partial charge in [0.1, 0.15) is 0 Å². The molecular formula is C13H19N3O3S. The van der Waals surface area contributed by atoms with Gasteiger partial charge in [0.25, 0.3) is 0 Å². The van der Waals surface area contributed by atoms with Crippen molar-refractivity contribution in [3.05, 3.63) is 23.3 Å². The van der Waals surface area contributed by atoms with Crippen molar-refractivity contribution < 1.29 is 13.2 Å². The number of nitrogen functional groups attached to an aromatic ring is 1. The summed E-state index contributed by atoms with van der Waals surface area (Å²) in [6.07, 6.45) is 1.10. The van der Waals surface area contributed by atoms with Crippen LogP contribution in [0.5, 0.6) is 0 Å². The van der Waals surface area contributed by atoms with Gasteiger partial charge in [-0.05, 0) is 43.5 Å². The molecule has 1 aromatic rings. The standard InChI is InChI=1S/C13H19N3O3S/c1-8-5-10(14)6-12(9(8)2)20(18,19)15-7-11-3-4-13(17)16-11/h5-6,11,15H,3-4,7,14H2,1-2H3,(H,16,17). The Bertz CT molecular complexity index is 641. The van der Waals surface area contributed by atoms with E-state index in [2.05, 4.69) is 10.0 Å². The van der Waals surface area contributed by atoms with Gasteiger partial charge in [-0.2, -0.15) is 0 Å². The molecule has 0 spiro atoms. The van der Waals surface area contributed by atoms with Gasteiger partial charge in [-0.25, -0.2) is 13.1 Å². The van der Waals surface area contributed by atoms with E-state index in [1.165, 1.54) is 6.07 Å². The number of hydrogen-bond acceptors (Lipinski definition) is 4. The second kappa shape index (κ2) is 5.41. The number of benzene rings is 1. The maximum absolute atomic E-state index is 12.3. The summed E-state index contributed by atoms with van der Waals surface area (Å²) in [7, 11) is -3.62. The van der Waals surface area contributed by atoms with E-state index in [1.54, 1.807) is 13.0 Å². The Morgan fingerprint density at radius 1 is 1.40 bits per heavy atom. The lowest BCUT2D eigenvalue weighted by molar-refractivity contribution is -0.119. The number of nitrogens with one attached hydrogen (secondary N) is 2. The zero-order valence-electron chi connectivity index (χ0n) is 11.6. The van der Waals surface area contributed by atoms with Crippen LogP contribution in [-0.2, 0) is 14.8 Å². The largest absolute Gasteiger partial charge is 0.399 e. The summed E-state index contributed by atoms with van der Waals surface area (Å²) < 4.78 is 27.2. The summed E-state index contributed by atoms with van der Waals surface area (Å²) in [6.45, 7) is 3.77. The highest BCUT2D eigenvalue weighted by Gasteiger charge is 2.24. The fraction of sp³-hybridized carbons (Fsp3) is 0.462. The minimum Gasteiger partial charge on any atom is -0.399 e. The number of aryl methyl sites for hydroxylation is 1. The smallest absolute Gasteiger partial charge is 0.240 e. The van der Waals surface area contributed by atoms with E-state index in [1.807, 2.05) is 6.92 Å². The van der Waals surface area contributed by atoms with Crippen LogP contribution in [0.3, 0.4) is 0 Å². The van der Waals surface area contributed by atoms with Crippen LogP contribution in [0.1, 0.15) is 24.0 Å². The van der Waals surface area contributed by atoms with Gasteiger partial charge < -0.3 is 11.1 Å². The highest BCUT2D eigenvalue weighted by atomic mass is 32.2. The monoisotopic (exact) mass is 297 g/mol. The second-order valence-electron chi connectivity index (χ2n) is 5.12. The fourth-order valence-electron chi connectivity index (χ4n) is 2.25. The van der Waals surface area contributed by atoms with Crippen molar-refractivity contribution in [1.29, 1.82) is 0 Å². The van der Waals surface area contributed by atoms with Gasteiger partial charge in [0, 0.05) is 24.7 Å². The number of anilines is 1. The summed E-state index contributed by atoms with van der Waals surface area (Å²) in [5, 5.41) is 2.72. The van der Waals surface area contributed by atoms with Crippen LogP contribution >= 0.6 is 0 Å². The molecule has 6 nitrogen and oxygen atoms in total. The molecule has 1 saturated heterocycles. The van der Waals surface area contributed by atoms with Crippen LogP contribution in [0, 0.1) is 13.8 Å². The number of nitrogens with two attached hydrogens (primary N) is 1. The van der Waals surface area contributed by atoms with E-state index >= 15 is 0 Å². The number of hydrogen-bond donors (Lipinski definition) is 3. The first-order valence-electron chi connectivity index (χ1n) is 6.45. The highest BCUT2D eigenvalue weighted by molar-refractivity contribution is 7.89. The third-order valence-corrected chi connectivity index (χ3v) is 5.09. The molecule has 1 heterocycles. The fourth-order valence-corrected chi connectivity index (χ4v) is 3.68. The van der Waals surface area contributed by atoms with E-state index in [0.29, 0.717) is 24.1 Å². The maximum atomic E-state index is 12.3. The molecule has 7 heteroatoms. The molecule has 0 aromatic heterocycles. The lowest BCUT2D eigenvalue weighted by Crippen LogP contribution is -2.38. The normalized spacial score (nSPS) is 19.1. The molecule has 0 radical (unpaired) electrons. The molecule has 1 fully saturated rings. The van der Waals surface area contributed by atoms with Crippen molar-refractivity contribution in [2.45, 2.75) is 37.6 Å². The SMILES string of the molecule is Cc1cc(N)cc(S(=O)(=O)NCC2CCC(=O)N2)c1C. The molecule has 0 bridgehead atoms. The minimum atomic E-state index is -3.62. The van der Waals surface area contributed by atoms with Crippen molar-refractivity contribution in [3.8, 4) is 0 Å². The molecule has 1 unspecified atom stereocenters. The van der Waals surface area contributed by atoms with Crippen molar-refractivity contribution in [1.82, 2.24) is 10.0 Å². The molecule has 0 saturated carbocycles. The van der Waals surface area contributed by atoms with Gasteiger partial charge in [0.05, 0.1) is 4.90 Å². The van der Waals surface area contributed by atoms with Crippen molar-refractivity contribution >= 4 is 21.6 Å². The third kappa shape index (κ3) is 3.10. The molecular weight excluding hydrogens is 278 g/mol. The minimum absolute atomic E-state index is 0.0369. The Balaban J connectivity index is 2.16. The van der Waals surface area contributed by atoms with Crippen LogP contribution in [-0.4, -0.2) is 26.9 Å². The van der Waals surface area contributed by atoms with E-state index in [0.717, 1.165) is 5.56 Å². The number of rotatable bonds is 4. The van der Waals surface area contributed by atoms with Crippen LogP contribution in [0.2, 0.25) is 0 Å². The zero-order chi connectivity index (χ0) is 14.9. The number of amides is 1. The molecule has 4 N–H and O–H groups in total. The van der Waals surface area contributed by atoms with E-state index < -0.39 is 10.0 Å². The van der Waals surface area contributed by atoms with Crippen molar-refractivity contribution in [2.24, 2.45) is 0 Å². The third-order valence-electron chi connectivity index (χ3n) is 3.54. The van der Waals surface area contributed by atoms with Crippen molar-refractivity contribution in [3.63, 3.8) is 0 Å². The molecule has 1 amide bonds. The Kier molecular flexibility index (Phi) is 4.01. The molecule has 1 aromatic carbocycles. The first-order valence-corrected chi connectivity index (χ1v) is 7.93. The molecule has 0 aliphatic carbocycles. The summed E-state index contributed by atoms with van der Waals surface area (Å²) >= 11 is 0. The maximum Gasteiger partial charge on any atom is 0.240 e. The molecule has 20 heavy (non-hydrogen) atoms. The second-order valence-corrected chi connectivity index (χ2v) is 6.85. The zero-order valence-corrected chi connectivity index (χ0v) is 12.4. The van der Waals surface area contributed by atoms with Gasteiger partial charge >= 0.3 is 0 Å². The number of carbonyl (C=O) groups excluding carboxylic acids is 1. The van der Waals surface area contributed by atoms with Gasteiger partial charge in [-0.1, -0.05) is 0 Å². The molecule has 2 rings (SSSR count). The summed E-state index contributed by atoms with van der Waals surface area (Å²) in [6, 6.07) is 3.06. The number of carbonyl (C=O) groups is 1. The first kappa shape index (κ1) is 14.8. The Hall–Kier alpha value is -1.60. The number of sulfonamides is 1. The van der Waals surface area contributed by atoms with Crippen molar-refractivity contribution in [2.75, 3.05) is 12.3 Å². The van der Waals surface area contributed by atoms with Gasteiger partial charge in [-0.15, -0.1) is 0 Å². The summed E-state index contributed by atoms with van der Waals surface area (Å²) in [5.74, 6) is -0.0369. The molecule has 110 valence electrons. The van der Waals surface area contributed by atoms with Crippen LogP contribution in [0.4, 0.5) is 5.69 Å². The molecule has 1 aliphatic rings. The Morgan fingerprint density at radius 3 is 2.70 bits per heavy atom. The van der Waals surface area contributed by atoms with Gasteiger partial charge in [-0.3, -0.25) is 4.79 Å². The van der Waals surface area contributed by atoms with Crippen LogP contribution in [0.25, 0.3) is 0 Å². The van der Waals surface area contributed by atoms with E-state index in [4.69, 9.17) is 5.73 Å². The summed E-state index contributed by atoms with van der Waals surface area (Å²) in [5.41, 5.74) is 7.65. The first-order chi connectivity index (χ1) is 9.29. The van der Waals surface area contributed by atoms with E-state index in [-0.39, 0.29) is 23.4 Å². The van der Waals surface area contributed by atoms with E-state index in [9.17, 15) is 13.2 Å². The van der Waals surface area contributed by atoms with Crippen LogP contribution in [0.15, 0.2) is 17.0 Å². The topological polar surface area (TPSA) is 101 Å². The Morgan fingerprint density at radius 2 is 2.10 bits per heavy atom. The average Bonchev–Trinajstić information content (AvgIpc) is 2.77. The van der Waals surface area contributed by atoms with Gasteiger partial charge in [0.2, 0.25) is 15.9 Å². The van der Waals surface area contributed by atoms with Gasteiger partial charge in [0.15, 0.2) is 0 Å². The predicted molar refractivity (Wildman–Crippen MR) is 76.7 cm³/mol. The average molecular weight is 297 g/mol. The Labute approximate surface area is 118 Å². The highest BCUT2D eigenvalue weighted by Crippen LogP contribution is 2.22. The molecule has 1 atom stereocenters. The quantitative estimate of drug-likeness (QED) is 0.702. The molecule has 1 aliphatic heterocycles. The lowest BCUT2D eigenvalue weighted by atomic mass is 10.1. The summed E-state index contributed by atoms with van der Waals surface area (Å²) in [4.78, 5) is 11.3. The predicted octanol–water partition coefficient (Wildman–Crippen LogP) is 0.443. The lowest BCUT2D eigenvalue weighted by Gasteiger charge is -2.14.